The Balaban J connectivity index is 1.57. The SMILES string of the molecule is COc1cc(C)c(Nc2nc(C)nc3c(C(C4CC4)C4CC4)cnn23)c(C)c1. The van der Waals surface area contributed by atoms with Crippen LogP contribution in [0, 0.1) is 32.6 Å². The zero-order chi connectivity index (χ0) is 19.4. The van der Waals surface area contributed by atoms with E-state index in [1.807, 2.05) is 29.8 Å². The van der Waals surface area contributed by atoms with Gasteiger partial charge in [-0.3, -0.25) is 0 Å². The first-order chi connectivity index (χ1) is 13.5. The largest absolute Gasteiger partial charge is 0.497 e. The number of rotatable bonds is 6. The lowest BCUT2D eigenvalue weighted by molar-refractivity contribution is 0.414. The molecule has 1 N–H and O–H groups in total. The third-order valence-electron chi connectivity index (χ3n) is 6.10. The van der Waals surface area contributed by atoms with Crippen LogP contribution in [0.25, 0.3) is 5.65 Å². The summed E-state index contributed by atoms with van der Waals surface area (Å²) in [5, 5.41) is 8.21. The van der Waals surface area contributed by atoms with Crippen LogP contribution in [-0.2, 0) is 0 Å². The summed E-state index contributed by atoms with van der Waals surface area (Å²) in [6.45, 7) is 6.11. The minimum absolute atomic E-state index is 0.615. The number of nitrogens with one attached hydrogen (secondary N) is 1. The first-order valence-corrected chi connectivity index (χ1v) is 10.2. The highest BCUT2D eigenvalue weighted by molar-refractivity contribution is 5.66. The number of ether oxygens (including phenoxy) is 1. The first-order valence-electron chi connectivity index (χ1n) is 10.2. The van der Waals surface area contributed by atoms with Crippen LogP contribution in [0.15, 0.2) is 18.3 Å². The Morgan fingerprint density at radius 1 is 1.04 bits per heavy atom. The van der Waals surface area contributed by atoms with Gasteiger partial charge in [0, 0.05) is 11.3 Å². The smallest absolute Gasteiger partial charge is 0.232 e. The number of hydrogen-bond acceptors (Lipinski definition) is 5. The fourth-order valence-electron chi connectivity index (χ4n) is 4.47. The molecular formula is C22H27N5O. The van der Waals surface area contributed by atoms with Gasteiger partial charge in [0.2, 0.25) is 5.95 Å². The fraction of sp³-hybridized carbons (Fsp3) is 0.500. The number of aromatic nitrogens is 4. The molecule has 0 saturated heterocycles. The second-order valence-corrected chi connectivity index (χ2v) is 8.39. The quantitative estimate of drug-likeness (QED) is 0.674. The van der Waals surface area contributed by atoms with Crippen molar-refractivity contribution in [2.75, 3.05) is 12.4 Å². The molecule has 0 spiro atoms. The fourth-order valence-corrected chi connectivity index (χ4v) is 4.47. The Hall–Kier alpha value is -2.63. The number of nitrogens with zero attached hydrogens (tertiary/aromatic N) is 4. The van der Waals surface area contributed by atoms with Crippen molar-refractivity contribution in [3.63, 3.8) is 0 Å². The Labute approximate surface area is 165 Å². The third kappa shape index (κ3) is 3.01. The minimum Gasteiger partial charge on any atom is -0.497 e. The molecule has 2 fully saturated rings. The predicted octanol–water partition coefficient (Wildman–Crippen LogP) is 4.71. The molecule has 0 atom stereocenters. The molecule has 2 heterocycles. The summed E-state index contributed by atoms with van der Waals surface area (Å²) in [4.78, 5) is 9.44. The van der Waals surface area contributed by atoms with Gasteiger partial charge >= 0.3 is 0 Å². The predicted molar refractivity (Wildman–Crippen MR) is 109 cm³/mol. The molecule has 0 aliphatic heterocycles. The van der Waals surface area contributed by atoms with Crippen molar-refractivity contribution >= 4 is 17.3 Å². The van der Waals surface area contributed by atoms with E-state index < -0.39 is 0 Å². The average Bonchev–Trinajstić information content (AvgIpc) is 3.58. The van der Waals surface area contributed by atoms with Gasteiger partial charge in [-0.2, -0.15) is 14.6 Å². The molecule has 0 radical (unpaired) electrons. The minimum atomic E-state index is 0.615. The maximum Gasteiger partial charge on any atom is 0.232 e. The Morgan fingerprint density at radius 3 is 2.25 bits per heavy atom. The molecule has 0 amide bonds. The Kier molecular flexibility index (Phi) is 4.03. The van der Waals surface area contributed by atoms with Gasteiger partial charge in [0.1, 0.15) is 11.6 Å². The lowest BCUT2D eigenvalue weighted by Gasteiger charge is -2.16. The molecule has 2 aliphatic rings. The average molecular weight is 377 g/mol. The van der Waals surface area contributed by atoms with E-state index in [-0.39, 0.29) is 0 Å². The lowest BCUT2D eigenvalue weighted by Crippen LogP contribution is -2.10. The van der Waals surface area contributed by atoms with E-state index in [9.17, 15) is 0 Å². The van der Waals surface area contributed by atoms with Crippen LogP contribution in [0.1, 0.15) is 54.1 Å². The third-order valence-corrected chi connectivity index (χ3v) is 6.10. The maximum atomic E-state index is 5.39. The molecule has 146 valence electrons. The summed E-state index contributed by atoms with van der Waals surface area (Å²) in [5.41, 5.74) is 5.53. The maximum absolute atomic E-state index is 5.39. The van der Waals surface area contributed by atoms with E-state index in [1.54, 1.807) is 7.11 Å². The molecule has 2 saturated carbocycles. The lowest BCUT2D eigenvalue weighted by atomic mass is 9.91. The van der Waals surface area contributed by atoms with Crippen LogP contribution in [0.3, 0.4) is 0 Å². The van der Waals surface area contributed by atoms with Gasteiger partial charge in [-0.25, -0.2) is 4.98 Å². The molecule has 28 heavy (non-hydrogen) atoms. The monoisotopic (exact) mass is 377 g/mol. The molecular weight excluding hydrogens is 350 g/mol. The zero-order valence-corrected chi connectivity index (χ0v) is 17.0. The van der Waals surface area contributed by atoms with Crippen molar-refractivity contribution in [3.05, 3.63) is 40.8 Å². The number of aryl methyl sites for hydroxylation is 3. The summed E-state index contributed by atoms with van der Waals surface area (Å²) in [6.07, 6.45) is 7.41. The van der Waals surface area contributed by atoms with Crippen LogP contribution in [0.2, 0.25) is 0 Å². The molecule has 2 aromatic heterocycles. The van der Waals surface area contributed by atoms with Gasteiger partial charge in [-0.05, 0) is 87.5 Å². The normalized spacial score (nSPS) is 16.8. The summed E-state index contributed by atoms with van der Waals surface area (Å²) < 4.78 is 7.26. The second-order valence-electron chi connectivity index (χ2n) is 8.39. The van der Waals surface area contributed by atoms with E-state index in [0.717, 1.165) is 51.8 Å². The zero-order valence-electron chi connectivity index (χ0n) is 17.0. The highest BCUT2D eigenvalue weighted by Crippen LogP contribution is 2.55. The number of hydrogen-bond donors (Lipinski definition) is 1. The topological polar surface area (TPSA) is 64.3 Å². The van der Waals surface area contributed by atoms with Gasteiger partial charge < -0.3 is 10.1 Å². The van der Waals surface area contributed by atoms with Gasteiger partial charge in [-0.1, -0.05) is 0 Å². The molecule has 1 aromatic carbocycles. The van der Waals surface area contributed by atoms with Crippen molar-refractivity contribution in [2.45, 2.75) is 52.4 Å². The Bertz CT molecular complexity index is 1010. The molecule has 3 aromatic rings. The van der Waals surface area contributed by atoms with Crippen molar-refractivity contribution in [1.82, 2.24) is 19.6 Å². The van der Waals surface area contributed by atoms with Gasteiger partial charge in [0.25, 0.3) is 0 Å². The number of fused-ring (bicyclic) bond motifs is 1. The van der Waals surface area contributed by atoms with Gasteiger partial charge in [0.05, 0.1) is 13.3 Å². The molecule has 0 unspecified atom stereocenters. The van der Waals surface area contributed by atoms with Crippen LogP contribution in [0.5, 0.6) is 5.75 Å². The van der Waals surface area contributed by atoms with E-state index in [2.05, 4.69) is 24.1 Å². The Morgan fingerprint density at radius 2 is 1.68 bits per heavy atom. The summed E-state index contributed by atoms with van der Waals surface area (Å²) in [5.74, 6) is 4.60. The summed E-state index contributed by atoms with van der Waals surface area (Å²) >= 11 is 0. The van der Waals surface area contributed by atoms with Crippen LogP contribution < -0.4 is 10.1 Å². The molecule has 2 aliphatic carbocycles. The van der Waals surface area contributed by atoms with Crippen LogP contribution in [0.4, 0.5) is 11.6 Å². The van der Waals surface area contributed by atoms with Crippen molar-refractivity contribution in [1.29, 1.82) is 0 Å². The molecule has 6 heteroatoms. The first kappa shape index (κ1) is 17.5. The molecule has 6 nitrogen and oxygen atoms in total. The van der Waals surface area contributed by atoms with Crippen molar-refractivity contribution < 1.29 is 4.74 Å². The van der Waals surface area contributed by atoms with Crippen molar-refractivity contribution in [2.24, 2.45) is 11.8 Å². The standard InChI is InChI=1S/C22H27N5O/c1-12-9-17(28-4)10-13(2)20(12)26-22-25-14(3)24-21-18(11-23-27(21)22)19(15-5-6-15)16-7-8-16/h9-11,15-16,19H,5-8H2,1-4H3,(H,24,25,26). The van der Waals surface area contributed by atoms with E-state index in [4.69, 9.17) is 14.8 Å². The van der Waals surface area contributed by atoms with Crippen LogP contribution in [-0.4, -0.2) is 26.7 Å². The highest BCUT2D eigenvalue weighted by atomic mass is 16.5. The van der Waals surface area contributed by atoms with Gasteiger partial charge in [-0.15, -0.1) is 0 Å². The molecule has 5 rings (SSSR count). The highest BCUT2D eigenvalue weighted by Gasteiger charge is 2.43. The molecule has 0 bridgehead atoms. The number of methoxy groups -OCH3 is 1. The second kappa shape index (κ2) is 6.47. The van der Waals surface area contributed by atoms with E-state index >= 15 is 0 Å². The van der Waals surface area contributed by atoms with E-state index in [0.29, 0.717) is 5.92 Å². The van der Waals surface area contributed by atoms with E-state index in [1.165, 1.54) is 31.2 Å². The van der Waals surface area contributed by atoms with Crippen LogP contribution >= 0.6 is 0 Å². The summed E-state index contributed by atoms with van der Waals surface area (Å²) in [7, 11) is 1.69. The number of benzene rings is 1. The van der Waals surface area contributed by atoms with Crippen molar-refractivity contribution in [3.8, 4) is 5.75 Å². The summed E-state index contributed by atoms with van der Waals surface area (Å²) in [6, 6.07) is 4.07. The number of anilines is 2. The van der Waals surface area contributed by atoms with Gasteiger partial charge in [0.15, 0.2) is 5.65 Å².